The van der Waals surface area contributed by atoms with Crippen LogP contribution in [0.2, 0.25) is 0 Å². The molecule has 7 heteroatoms. The number of nitrogens with zero attached hydrogens (tertiary/aromatic N) is 2. The van der Waals surface area contributed by atoms with E-state index in [4.69, 9.17) is 4.74 Å². The highest BCUT2D eigenvalue weighted by atomic mass is 32.1. The molecule has 0 aliphatic carbocycles. The number of hydrogen-bond acceptors (Lipinski definition) is 5. The molecule has 25 heavy (non-hydrogen) atoms. The Kier molecular flexibility index (Phi) is 8.08. The van der Waals surface area contributed by atoms with Gasteiger partial charge in [-0.2, -0.15) is 0 Å². The van der Waals surface area contributed by atoms with Crippen LogP contribution in [0.25, 0.3) is 0 Å². The first-order valence-electron chi connectivity index (χ1n) is 8.19. The van der Waals surface area contributed by atoms with Crippen LogP contribution in [0.1, 0.15) is 18.4 Å². The smallest absolute Gasteiger partial charge is 0.245 e. The molecule has 0 saturated heterocycles. The third-order valence-electron chi connectivity index (χ3n) is 3.61. The molecule has 6 nitrogen and oxygen atoms in total. The van der Waals surface area contributed by atoms with Crippen molar-refractivity contribution in [1.82, 2.24) is 9.88 Å². The second kappa shape index (κ2) is 10.6. The molecular weight excluding hydrogens is 338 g/mol. The van der Waals surface area contributed by atoms with Gasteiger partial charge in [-0.25, -0.2) is 4.98 Å². The Morgan fingerprint density at radius 1 is 1.28 bits per heavy atom. The molecule has 1 heterocycles. The summed E-state index contributed by atoms with van der Waals surface area (Å²) in [7, 11) is 1.62. The number of carbonyl (C=O) groups excluding carboxylic acids is 2. The molecule has 0 aliphatic heterocycles. The minimum absolute atomic E-state index is 0.0247. The van der Waals surface area contributed by atoms with Gasteiger partial charge in [0.05, 0.1) is 6.54 Å². The highest BCUT2D eigenvalue weighted by Crippen LogP contribution is 2.11. The highest BCUT2D eigenvalue weighted by Gasteiger charge is 2.17. The van der Waals surface area contributed by atoms with Gasteiger partial charge in [0.25, 0.3) is 0 Å². The van der Waals surface area contributed by atoms with Crippen molar-refractivity contribution >= 4 is 28.3 Å². The van der Waals surface area contributed by atoms with Gasteiger partial charge in [0.15, 0.2) is 5.13 Å². The van der Waals surface area contributed by atoms with Crippen LogP contribution in [-0.2, 0) is 20.7 Å². The molecule has 0 atom stereocenters. The summed E-state index contributed by atoms with van der Waals surface area (Å²) in [6.07, 6.45) is 3.36. The minimum atomic E-state index is -0.236. The lowest BCUT2D eigenvalue weighted by Gasteiger charge is -2.22. The third-order valence-corrected chi connectivity index (χ3v) is 4.30. The summed E-state index contributed by atoms with van der Waals surface area (Å²) < 4.78 is 5.04. The second-order valence-electron chi connectivity index (χ2n) is 5.53. The van der Waals surface area contributed by atoms with E-state index in [0.29, 0.717) is 37.5 Å². The molecule has 2 rings (SSSR count). The number of ether oxygens (including phenoxy) is 1. The van der Waals surface area contributed by atoms with Gasteiger partial charge in [-0.3, -0.25) is 9.59 Å². The molecule has 0 radical (unpaired) electrons. The van der Waals surface area contributed by atoms with Crippen molar-refractivity contribution in [1.29, 1.82) is 0 Å². The zero-order valence-corrected chi connectivity index (χ0v) is 15.1. The number of thiazole rings is 1. The van der Waals surface area contributed by atoms with E-state index in [1.807, 2.05) is 30.3 Å². The number of nitrogens with one attached hydrogen (secondary N) is 1. The second-order valence-corrected chi connectivity index (χ2v) is 6.43. The van der Waals surface area contributed by atoms with E-state index in [2.05, 4.69) is 10.3 Å². The van der Waals surface area contributed by atoms with Gasteiger partial charge >= 0.3 is 0 Å². The maximum absolute atomic E-state index is 12.5. The van der Waals surface area contributed by atoms with Crippen molar-refractivity contribution in [3.8, 4) is 0 Å². The molecule has 1 aromatic heterocycles. The summed E-state index contributed by atoms with van der Waals surface area (Å²) in [4.78, 5) is 30.3. The Morgan fingerprint density at radius 2 is 2.08 bits per heavy atom. The van der Waals surface area contributed by atoms with Crippen LogP contribution >= 0.6 is 11.3 Å². The molecular formula is C18H23N3O3S. The molecule has 2 aromatic rings. The average Bonchev–Trinajstić information content (AvgIpc) is 3.12. The number of rotatable bonds is 10. The Morgan fingerprint density at radius 3 is 2.76 bits per heavy atom. The van der Waals surface area contributed by atoms with Crippen LogP contribution in [0.5, 0.6) is 0 Å². The Hall–Kier alpha value is -2.25. The van der Waals surface area contributed by atoms with E-state index >= 15 is 0 Å². The summed E-state index contributed by atoms with van der Waals surface area (Å²) >= 11 is 1.35. The summed E-state index contributed by atoms with van der Waals surface area (Å²) in [5.41, 5.74) is 1.11. The summed E-state index contributed by atoms with van der Waals surface area (Å²) in [5.74, 6) is -0.269. The maximum Gasteiger partial charge on any atom is 0.245 e. The first-order valence-corrected chi connectivity index (χ1v) is 9.07. The van der Waals surface area contributed by atoms with Crippen LogP contribution < -0.4 is 5.32 Å². The monoisotopic (exact) mass is 361 g/mol. The number of methoxy groups -OCH3 is 1. The lowest BCUT2D eigenvalue weighted by atomic mass is 10.1. The van der Waals surface area contributed by atoms with Crippen LogP contribution in [0.15, 0.2) is 41.9 Å². The lowest BCUT2D eigenvalue weighted by Crippen LogP contribution is -2.39. The SMILES string of the molecule is COCCCN(CC(=O)Nc1nccs1)C(=O)CCc1ccccc1. The molecule has 1 N–H and O–H groups in total. The summed E-state index contributed by atoms with van der Waals surface area (Å²) in [5, 5.41) is 5.04. The van der Waals surface area contributed by atoms with Gasteiger partial charge in [-0.05, 0) is 18.4 Å². The molecule has 2 amide bonds. The maximum atomic E-state index is 12.5. The van der Waals surface area contributed by atoms with Crippen molar-refractivity contribution in [3.63, 3.8) is 0 Å². The fourth-order valence-electron chi connectivity index (χ4n) is 2.36. The topological polar surface area (TPSA) is 71.5 Å². The molecule has 0 unspecified atom stereocenters. The van der Waals surface area contributed by atoms with Crippen LogP contribution in [0, 0.1) is 0 Å². The predicted molar refractivity (Wildman–Crippen MR) is 98.6 cm³/mol. The van der Waals surface area contributed by atoms with Crippen molar-refractivity contribution in [2.24, 2.45) is 0 Å². The number of anilines is 1. The van der Waals surface area contributed by atoms with E-state index in [0.717, 1.165) is 5.56 Å². The predicted octanol–water partition coefficient (Wildman–Crippen LogP) is 2.58. The van der Waals surface area contributed by atoms with E-state index in [1.165, 1.54) is 11.3 Å². The van der Waals surface area contributed by atoms with Gasteiger partial charge in [0, 0.05) is 38.3 Å². The van der Waals surface area contributed by atoms with Gasteiger partial charge in [-0.1, -0.05) is 30.3 Å². The Labute approximate surface area is 151 Å². The van der Waals surface area contributed by atoms with Crippen LogP contribution in [0.4, 0.5) is 5.13 Å². The summed E-state index contributed by atoms with van der Waals surface area (Å²) in [6.45, 7) is 1.07. The Bertz CT molecular complexity index is 647. The van der Waals surface area contributed by atoms with Crippen LogP contribution in [0.3, 0.4) is 0 Å². The number of carbonyl (C=O) groups is 2. The largest absolute Gasteiger partial charge is 0.385 e. The van der Waals surface area contributed by atoms with Gasteiger partial charge < -0.3 is 15.0 Å². The number of hydrogen-bond donors (Lipinski definition) is 1. The molecule has 0 aliphatic rings. The molecule has 0 fully saturated rings. The Balaban J connectivity index is 1.88. The van der Waals surface area contributed by atoms with Gasteiger partial charge in [0.2, 0.25) is 11.8 Å². The minimum Gasteiger partial charge on any atom is -0.385 e. The third kappa shape index (κ3) is 7.03. The number of aryl methyl sites for hydroxylation is 1. The van der Waals surface area contributed by atoms with E-state index in [1.54, 1.807) is 23.6 Å². The zero-order valence-electron chi connectivity index (χ0n) is 14.3. The lowest BCUT2D eigenvalue weighted by molar-refractivity contribution is -0.134. The highest BCUT2D eigenvalue weighted by molar-refractivity contribution is 7.13. The number of amides is 2. The summed E-state index contributed by atoms with van der Waals surface area (Å²) in [6, 6.07) is 9.86. The zero-order chi connectivity index (χ0) is 17.9. The number of aromatic nitrogens is 1. The molecule has 0 saturated carbocycles. The van der Waals surface area contributed by atoms with Gasteiger partial charge in [0.1, 0.15) is 0 Å². The average molecular weight is 361 g/mol. The first-order chi connectivity index (χ1) is 12.2. The van der Waals surface area contributed by atoms with E-state index in [-0.39, 0.29) is 18.4 Å². The van der Waals surface area contributed by atoms with Crippen molar-refractivity contribution < 1.29 is 14.3 Å². The first kappa shape index (κ1) is 19.1. The van der Waals surface area contributed by atoms with Crippen LogP contribution in [-0.4, -0.2) is 48.5 Å². The molecule has 0 spiro atoms. The normalized spacial score (nSPS) is 10.4. The molecule has 0 bridgehead atoms. The van der Waals surface area contributed by atoms with Crippen molar-refractivity contribution in [2.75, 3.05) is 32.1 Å². The van der Waals surface area contributed by atoms with Gasteiger partial charge in [-0.15, -0.1) is 11.3 Å². The number of benzene rings is 1. The van der Waals surface area contributed by atoms with E-state index in [9.17, 15) is 9.59 Å². The van der Waals surface area contributed by atoms with E-state index < -0.39 is 0 Å². The molecule has 134 valence electrons. The fourth-order valence-corrected chi connectivity index (χ4v) is 2.91. The fraction of sp³-hybridized carbons (Fsp3) is 0.389. The molecule has 1 aromatic carbocycles. The standard InChI is InChI=1S/C18H23N3O3S/c1-24-12-5-11-21(14-16(22)20-18-19-10-13-25-18)17(23)9-8-15-6-3-2-4-7-15/h2-4,6-7,10,13H,5,8-9,11-12,14H2,1H3,(H,19,20,22). The van der Waals surface area contributed by atoms with Crippen molar-refractivity contribution in [3.05, 3.63) is 47.5 Å². The quantitative estimate of drug-likeness (QED) is 0.660. The van der Waals surface area contributed by atoms with Crippen molar-refractivity contribution in [2.45, 2.75) is 19.3 Å².